The molecule has 1 aliphatic carbocycles. The normalized spacial score (nSPS) is 26.0. The van der Waals surface area contributed by atoms with E-state index >= 15 is 8.78 Å². The third kappa shape index (κ3) is 5.55. The first-order valence-electron chi connectivity index (χ1n) is 17.8. The highest BCUT2D eigenvalue weighted by molar-refractivity contribution is 7.23. The van der Waals surface area contributed by atoms with E-state index in [-0.39, 0.29) is 93.8 Å². The topological polar surface area (TPSA) is 137 Å². The number of pyridine rings is 1. The number of aliphatic hydroxyl groups excluding tert-OH is 1. The summed E-state index contributed by atoms with van der Waals surface area (Å²) in [4.78, 5) is 20.3. The monoisotopic (exact) mass is 738 g/mol. The first kappa shape index (κ1) is 33.9. The van der Waals surface area contributed by atoms with Gasteiger partial charge in [-0.1, -0.05) is 0 Å². The van der Waals surface area contributed by atoms with Crippen LogP contribution in [0.3, 0.4) is 0 Å². The largest absolute Gasteiger partial charge is 0.463 e. The minimum atomic E-state index is -1.51. The van der Waals surface area contributed by atoms with Gasteiger partial charge >= 0.3 is 6.01 Å². The molecule has 1 saturated carbocycles. The Morgan fingerprint density at radius 1 is 1.08 bits per heavy atom. The maximum Gasteiger partial charge on any atom is 0.319 e. The molecule has 2 bridgehead atoms. The molecule has 9 rings (SSSR count). The predicted octanol–water partition coefficient (Wildman–Crippen LogP) is 4.85. The van der Waals surface area contributed by atoms with Gasteiger partial charge in [-0.25, -0.2) is 17.6 Å². The average molecular weight is 739 g/mol. The molecule has 16 heteroatoms. The van der Waals surface area contributed by atoms with Gasteiger partial charge in [0.25, 0.3) is 0 Å². The lowest BCUT2D eigenvalue weighted by Gasteiger charge is -2.42. The average Bonchev–Trinajstić information content (AvgIpc) is 3.34. The lowest BCUT2D eigenvalue weighted by molar-refractivity contribution is 0.111. The highest BCUT2D eigenvalue weighted by atomic mass is 32.1. The number of benzene rings is 1. The Morgan fingerprint density at radius 2 is 1.79 bits per heavy atom. The van der Waals surface area contributed by atoms with Crippen LogP contribution >= 0.6 is 11.3 Å². The smallest absolute Gasteiger partial charge is 0.319 e. The number of piperazine rings is 1. The van der Waals surface area contributed by atoms with E-state index in [4.69, 9.17) is 25.2 Å². The molecule has 3 saturated heterocycles. The van der Waals surface area contributed by atoms with Crippen LogP contribution in [0.4, 0.5) is 28.4 Å². The zero-order chi connectivity index (χ0) is 36.1. The number of anilines is 2. The van der Waals surface area contributed by atoms with Crippen LogP contribution in [0.2, 0.25) is 0 Å². The molecule has 3 N–H and O–H groups in total. The highest BCUT2D eigenvalue weighted by Gasteiger charge is 2.48. The highest BCUT2D eigenvalue weighted by Crippen LogP contribution is 2.50. The number of aliphatic hydroxyl groups is 1. The molecule has 5 atom stereocenters. The maximum absolute atomic E-state index is 17.5. The van der Waals surface area contributed by atoms with Gasteiger partial charge in [-0.15, -0.1) is 11.3 Å². The molecular weight excluding hydrogens is 701 g/mol. The number of nitriles is 1. The standard InChI is InChI=1S/C36H38F4N8O3S/c1-17(49)8-46-9-18-2-3-19(10-46)48(18)34-28-22-14-50-13-21(22)26(30-27-20(6-41)33(42)52-32(27)23(37)7-43-30)29(40)31(28)44-35(45-34)51-16-36(4-5-36)15-47-11-24(38)25(39)12-47/h7,17-19,24-25,49H,2-5,8-16,42H2,1H3/t17-,18?,19?,24-,25+/m1/s1. The quantitative estimate of drug-likeness (QED) is 0.228. The number of hydrogen-bond donors (Lipinski definition) is 2. The summed E-state index contributed by atoms with van der Waals surface area (Å²) in [5.74, 6) is -0.845. The number of thiophene rings is 1. The van der Waals surface area contributed by atoms with Crippen LogP contribution < -0.4 is 15.4 Å². The van der Waals surface area contributed by atoms with Crippen LogP contribution in [0.15, 0.2) is 6.20 Å². The molecule has 0 spiro atoms. The molecular formula is C36H38F4N8O3S. The fraction of sp³-hybridized carbons (Fsp3) is 0.556. The summed E-state index contributed by atoms with van der Waals surface area (Å²) in [6.45, 7) is 4.67. The summed E-state index contributed by atoms with van der Waals surface area (Å²) in [5.41, 5.74) is 7.19. The fourth-order valence-corrected chi connectivity index (χ4v) is 9.80. The minimum absolute atomic E-state index is 0.00373. The summed E-state index contributed by atoms with van der Waals surface area (Å²) in [6.07, 6.45) is 0.925. The number of likely N-dealkylation sites (tertiary alicyclic amines) is 2. The third-order valence-corrected chi connectivity index (χ3v) is 12.4. The summed E-state index contributed by atoms with van der Waals surface area (Å²) < 4.78 is 72.9. The Bertz CT molecular complexity index is 2120. The summed E-state index contributed by atoms with van der Waals surface area (Å²) in [5, 5.41) is 20.9. The van der Waals surface area contributed by atoms with E-state index < -0.39 is 30.1 Å². The number of β-amino-alcohol motifs (C(OH)–C–C–N with tert-alkyl or cyclic N) is 1. The molecule has 0 radical (unpaired) electrons. The Kier molecular flexibility index (Phi) is 8.23. The van der Waals surface area contributed by atoms with E-state index in [1.54, 1.807) is 11.8 Å². The second-order valence-electron chi connectivity index (χ2n) is 15.2. The van der Waals surface area contributed by atoms with Crippen molar-refractivity contribution in [3.8, 4) is 23.3 Å². The van der Waals surface area contributed by atoms with Crippen molar-refractivity contribution in [2.24, 2.45) is 5.41 Å². The predicted molar refractivity (Wildman–Crippen MR) is 186 cm³/mol. The van der Waals surface area contributed by atoms with Gasteiger partial charge in [0.2, 0.25) is 0 Å². The number of ether oxygens (including phenoxy) is 2. The molecule has 3 aromatic heterocycles. The zero-order valence-electron chi connectivity index (χ0n) is 28.5. The van der Waals surface area contributed by atoms with Crippen molar-refractivity contribution in [1.29, 1.82) is 5.26 Å². The van der Waals surface area contributed by atoms with Gasteiger partial charge in [-0.05, 0) is 43.7 Å². The lowest BCUT2D eigenvalue weighted by Crippen LogP contribution is -2.55. The number of rotatable bonds is 9. The van der Waals surface area contributed by atoms with Crippen molar-refractivity contribution >= 4 is 43.1 Å². The summed E-state index contributed by atoms with van der Waals surface area (Å²) >= 11 is 0.912. The molecule has 52 heavy (non-hydrogen) atoms. The molecule has 274 valence electrons. The van der Waals surface area contributed by atoms with E-state index in [0.29, 0.717) is 48.5 Å². The van der Waals surface area contributed by atoms with Crippen LogP contribution in [0.5, 0.6) is 6.01 Å². The molecule has 1 aromatic carbocycles. The fourth-order valence-electron chi connectivity index (χ4n) is 8.88. The van der Waals surface area contributed by atoms with E-state index in [1.807, 2.05) is 6.07 Å². The second kappa shape index (κ2) is 12.6. The number of fused-ring (bicyclic) bond motifs is 6. The Morgan fingerprint density at radius 3 is 2.46 bits per heavy atom. The number of nitrogens with zero attached hydrogens (tertiary/aromatic N) is 7. The van der Waals surface area contributed by atoms with Gasteiger partial charge in [0.05, 0.1) is 53.5 Å². The van der Waals surface area contributed by atoms with Crippen molar-refractivity contribution < 1.29 is 32.1 Å². The van der Waals surface area contributed by atoms with Crippen LogP contribution in [0.1, 0.15) is 49.3 Å². The van der Waals surface area contributed by atoms with E-state index in [0.717, 1.165) is 43.2 Å². The molecule has 2 unspecified atom stereocenters. The zero-order valence-corrected chi connectivity index (χ0v) is 29.4. The molecule has 4 fully saturated rings. The van der Waals surface area contributed by atoms with E-state index in [2.05, 4.69) is 14.8 Å². The van der Waals surface area contributed by atoms with Gasteiger partial charge in [-0.2, -0.15) is 15.2 Å². The van der Waals surface area contributed by atoms with Gasteiger partial charge < -0.3 is 25.2 Å². The molecule has 4 aromatic rings. The van der Waals surface area contributed by atoms with E-state index in [9.17, 15) is 19.1 Å². The van der Waals surface area contributed by atoms with Crippen LogP contribution in [0, 0.1) is 28.4 Å². The van der Waals surface area contributed by atoms with Crippen molar-refractivity contribution in [3.05, 3.63) is 34.5 Å². The van der Waals surface area contributed by atoms with E-state index in [1.165, 1.54) is 0 Å². The van der Waals surface area contributed by atoms with Crippen molar-refractivity contribution in [2.75, 3.05) is 56.5 Å². The van der Waals surface area contributed by atoms with Gasteiger partial charge in [0.1, 0.15) is 34.7 Å². The molecule has 5 aliphatic rings. The van der Waals surface area contributed by atoms with Crippen LogP contribution in [0.25, 0.3) is 32.2 Å². The second-order valence-corrected chi connectivity index (χ2v) is 16.2. The molecule has 7 heterocycles. The first-order valence-corrected chi connectivity index (χ1v) is 18.6. The number of nitrogens with two attached hydrogens (primary N) is 1. The minimum Gasteiger partial charge on any atom is -0.463 e. The summed E-state index contributed by atoms with van der Waals surface area (Å²) in [6, 6.07) is 2.11. The maximum atomic E-state index is 17.5. The number of hydrogen-bond acceptors (Lipinski definition) is 12. The molecule has 4 aliphatic heterocycles. The van der Waals surface area contributed by atoms with Gasteiger partial charge in [-0.3, -0.25) is 14.8 Å². The Hall–Kier alpha value is -3.88. The van der Waals surface area contributed by atoms with Crippen LogP contribution in [-0.4, -0.2) is 106 Å². The van der Waals surface area contributed by atoms with Crippen molar-refractivity contribution in [1.82, 2.24) is 24.8 Å². The lowest BCUT2D eigenvalue weighted by atomic mass is 9.93. The third-order valence-electron chi connectivity index (χ3n) is 11.4. The number of alkyl halides is 2. The number of halogens is 4. The summed E-state index contributed by atoms with van der Waals surface area (Å²) in [7, 11) is 0. The first-order chi connectivity index (χ1) is 25.0. The van der Waals surface area contributed by atoms with Gasteiger partial charge in [0.15, 0.2) is 11.6 Å². The SMILES string of the molecule is C[C@@H](O)CN1CC2CCC(C1)N2c1nc(OCC2(CN3C[C@@H](F)[C@@H](F)C3)CC2)nc2c(F)c(-c3ncc(F)c4sc(N)c(C#N)c34)c3c(c12)COC3. The van der Waals surface area contributed by atoms with Crippen molar-refractivity contribution in [2.45, 2.75) is 76.4 Å². The molecule has 0 amide bonds. The Labute approximate surface area is 300 Å². The number of nitrogen functional groups attached to an aromatic ring is 1. The van der Waals surface area contributed by atoms with Crippen LogP contribution in [-0.2, 0) is 18.0 Å². The Balaban J connectivity index is 1.18. The number of aromatic nitrogens is 3. The van der Waals surface area contributed by atoms with Gasteiger partial charge in [0, 0.05) is 67.7 Å². The molecule has 11 nitrogen and oxygen atoms in total. The van der Waals surface area contributed by atoms with Crippen molar-refractivity contribution in [3.63, 3.8) is 0 Å².